The van der Waals surface area contributed by atoms with Crippen LogP contribution >= 0.6 is 0 Å². The van der Waals surface area contributed by atoms with Crippen molar-refractivity contribution >= 4 is 17.7 Å². The molecule has 2 aliphatic heterocycles. The standard InChI is InChI=1S/C24H26N4O4/c29-22-9-8-20(23(30)27-22)28-14-16-11-17(6-7-18(16)24(28)31)32-21-5-1-4-19(21)26-13-15-3-2-10-25-12-15/h2-3,6-7,10-12,19-21,26H,1,4-5,8-9,13-14H2,(H,27,29,30)/t19-,20?,21-/m1/s1. The molecule has 1 saturated carbocycles. The number of pyridine rings is 1. The van der Waals surface area contributed by atoms with Crippen LogP contribution in [0.15, 0.2) is 42.7 Å². The van der Waals surface area contributed by atoms with Crippen LogP contribution in [0.5, 0.6) is 5.75 Å². The van der Waals surface area contributed by atoms with Crippen LogP contribution in [0.1, 0.15) is 53.6 Å². The summed E-state index contributed by atoms with van der Waals surface area (Å²) in [7, 11) is 0. The Labute approximate surface area is 186 Å². The number of hydrogen-bond acceptors (Lipinski definition) is 6. The zero-order valence-corrected chi connectivity index (χ0v) is 17.8. The number of amides is 3. The molecule has 2 N–H and O–H groups in total. The second-order valence-corrected chi connectivity index (χ2v) is 8.65. The van der Waals surface area contributed by atoms with Gasteiger partial charge in [-0.25, -0.2) is 0 Å². The van der Waals surface area contributed by atoms with Gasteiger partial charge in [-0.05, 0) is 61.1 Å². The second kappa shape index (κ2) is 8.70. The number of ether oxygens (including phenoxy) is 1. The lowest BCUT2D eigenvalue weighted by Crippen LogP contribution is -2.52. The fraction of sp³-hybridized carbons (Fsp3) is 0.417. The number of benzene rings is 1. The number of hydrogen-bond donors (Lipinski definition) is 2. The van der Waals surface area contributed by atoms with E-state index in [2.05, 4.69) is 21.7 Å². The Morgan fingerprint density at radius 1 is 1.16 bits per heavy atom. The summed E-state index contributed by atoms with van der Waals surface area (Å²) in [5.74, 6) is -0.110. The summed E-state index contributed by atoms with van der Waals surface area (Å²) < 4.78 is 6.32. The molecule has 0 spiro atoms. The van der Waals surface area contributed by atoms with E-state index >= 15 is 0 Å². The molecular formula is C24H26N4O4. The van der Waals surface area contributed by atoms with Crippen LogP contribution in [0.2, 0.25) is 0 Å². The Kier molecular flexibility index (Phi) is 5.61. The Morgan fingerprint density at radius 3 is 2.88 bits per heavy atom. The molecule has 1 aromatic heterocycles. The van der Waals surface area contributed by atoms with Gasteiger partial charge in [0.25, 0.3) is 5.91 Å². The molecule has 8 heteroatoms. The first-order valence-corrected chi connectivity index (χ1v) is 11.1. The highest BCUT2D eigenvalue weighted by atomic mass is 16.5. The summed E-state index contributed by atoms with van der Waals surface area (Å²) in [5.41, 5.74) is 2.59. The minimum absolute atomic E-state index is 0.0630. The van der Waals surface area contributed by atoms with Crippen molar-refractivity contribution in [1.29, 1.82) is 0 Å². The molecule has 2 aromatic rings. The summed E-state index contributed by atoms with van der Waals surface area (Å²) in [6.07, 6.45) is 7.44. The summed E-state index contributed by atoms with van der Waals surface area (Å²) in [6.45, 7) is 1.10. The number of fused-ring (bicyclic) bond motifs is 1. The minimum Gasteiger partial charge on any atom is -0.489 e. The quantitative estimate of drug-likeness (QED) is 0.674. The van der Waals surface area contributed by atoms with Crippen molar-refractivity contribution in [2.45, 2.75) is 63.4 Å². The maximum absolute atomic E-state index is 12.9. The molecule has 3 heterocycles. The molecule has 32 heavy (non-hydrogen) atoms. The van der Waals surface area contributed by atoms with Crippen LogP contribution in [0.4, 0.5) is 0 Å². The van der Waals surface area contributed by atoms with Gasteiger partial charge in [-0.1, -0.05) is 6.07 Å². The van der Waals surface area contributed by atoms with Crippen molar-refractivity contribution in [3.63, 3.8) is 0 Å². The summed E-state index contributed by atoms with van der Waals surface area (Å²) in [6, 6.07) is 9.17. The van der Waals surface area contributed by atoms with Gasteiger partial charge in [-0.3, -0.25) is 24.7 Å². The van der Waals surface area contributed by atoms with Crippen molar-refractivity contribution in [1.82, 2.24) is 20.5 Å². The van der Waals surface area contributed by atoms with E-state index in [0.717, 1.165) is 42.7 Å². The van der Waals surface area contributed by atoms with E-state index in [-0.39, 0.29) is 30.4 Å². The van der Waals surface area contributed by atoms with Crippen molar-refractivity contribution in [3.05, 3.63) is 59.4 Å². The van der Waals surface area contributed by atoms with Crippen LogP contribution < -0.4 is 15.4 Å². The number of imide groups is 1. The van der Waals surface area contributed by atoms with Crippen LogP contribution in [-0.4, -0.2) is 45.8 Å². The summed E-state index contributed by atoms with van der Waals surface area (Å²) >= 11 is 0. The third-order valence-corrected chi connectivity index (χ3v) is 6.53. The molecule has 3 amide bonds. The fourth-order valence-corrected chi connectivity index (χ4v) is 4.85. The van der Waals surface area contributed by atoms with Crippen molar-refractivity contribution in [2.75, 3.05) is 0 Å². The molecular weight excluding hydrogens is 408 g/mol. The maximum Gasteiger partial charge on any atom is 0.255 e. The molecule has 8 nitrogen and oxygen atoms in total. The first kappa shape index (κ1) is 20.6. The van der Waals surface area contributed by atoms with Crippen LogP contribution in [-0.2, 0) is 22.7 Å². The predicted octanol–water partition coefficient (Wildman–Crippen LogP) is 1.93. The van der Waals surface area contributed by atoms with Gasteiger partial charge in [0, 0.05) is 43.5 Å². The summed E-state index contributed by atoms with van der Waals surface area (Å²) in [5, 5.41) is 5.92. The lowest BCUT2D eigenvalue weighted by atomic mass is 10.0. The monoisotopic (exact) mass is 434 g/mol. The average Bonchev–Trinajstić information content (AvgIpc) is 3.37. The Bertz CT molecular complexity index is 1040. The SMILES string of the molecule is O=C1CCC(N2Cc3cc(O[C@@H]4CCC[C@H]4NCc4cccnc4)ccc3C2=O)C(=O)N1. The molecule has 0 radical (unpaired) electrons. The topological polar surface area (TPSA) is 101 Å². The third-order valence-electron chi connectivity index (χ3n) is 6.53. The average molecular weight is 434 g/mol. The van der Waals surface area contributed by atoms with Crippen molar-refractivity contribution in [3.8, 4) is 5.75 Å². The highest BCUT2D eigenvalue weighted by Gasteiger charge is 2.39. The van der Waals surface area contributed by atoms with E-state index in [1.807, 2.05) is 24.4 Å². The van der Waals surface area contributed by atoms with E-state index in [9.17, 15) is 14.4 Å². The highest BCUT2D eigenvalue weighted by molar-refractivity contribution is 6.05. The van der Waals surface area contributed by atoms with Gasteiger partial charge in [0.05, 0.1) is 0 Å². The molecule has 1 unspecified atom stereocenters. The normalized spacial score (nSPS) is 25.1. The lowest BCUT2D eigenvalue weighted by Gasteiger charge is -2.29. The molecule has 3 aliphatic rings. The second-order valence-electron chi connectivity index (χ2n) is 8.65. The highest BCUT2D eigenvalue weighted by Crippen LogP contribution is 2.32. The molecule has 1 aromatic carbocycles. The number of aromatic nitrogens is 1. The number of carbonyl (C=O) groups excluding carboxylic acids is 3. The van der Waals surface area contributed by atoms with E-state index in [1.54, 1.807) is 17.2 Å². The van der Waals surface area contributed by atoms with Gasteiger partial charge in [0.15, 0.2) is 0 Å². The minimum atomic E-state index is -0.604. The van der Waals surface area contributed by atoms with Gasteiger partial charge in [0.2, 0.25) is 11.8 Å². The molecule has 2 fully saturated rings. The van der Waals surface area contributed by atoms with Gasteiger partial charge in [-0.2, -0.15) is 0 Å². The number of rotatable bonds is 6. The van der Waals surface area contributed by atoms with Gasteiger partial charge in [-0.15, -0.1) is 0 Å². The zero-order chi connectivity index (χ0) is 22.1. The van der Waals surface area contributed by atoms with Gasteiger partial charge < -0.3 is 15.0 Å². The van der Waals surface area contributed by atoms with E-state index in [1.165, 1.54) is 0 Å². The Hall–Kier alpha value is -3.26. The number of piperidine rings is 1. The van der Waals surface area contributed by atoms with Crippen molar-refractivity contribution < 1.29 is 19.1 Å². The van der Waals surface area contributed by atoms with Crippen LogP contribution in [0, 0.1) is 0 Å². The molecule has 1 aliphatic carbocycles. The first-order chi connectivity index (χ1) is 15.6. The van der Waals surface area contributed by atoms with Gasteiger partial charge >= 0.3 is 0 Å². The maximum atomic E-state index is 12.9. The lowest BCUT2D eigenvalue weighted by molar-refractivity contribution is -0.136. The predicted molar refractivity (Wildman–Crippen MR) is 116 cm³/mol. The summed E-state index contributed by atoms with van der Waals surface area (Å²) in [4.78, 5) is 42.2. The first-order valence-electron chi connectivity index (χ1n) is 11.1. The van der Waals surface area contributed by atoms with E-state index < -0.39 is 11.9 Å². The number of carbonyl (C=O) groups is 3. The number of nitrogens with zero attached hydrogens (tertiary/aromatic N) is 2. The fourth-order valence-electron chi connectivity index (χ4n) is 4.85. The third kappa shape index (κ3) is 4.10. The molecule has 1 saturated heterocycles. The smallest absolute Gasteiger partial charge is 0.255 e. The van der Waals surface area contributed by atoms with E-state index in [4.69, 9.17) is 4.74 Å². The molecule has 166 valence electrons. The Morgan fingerprint density at radius 2 is 2.06 bits per heavy atom. The zero-order valence-electron chi connectivity index (χ0n) is 17.8. The molecule has 5 rings (SSSR count). The van der Waals surface area contributed by atoms with Crippen molar-refractivity contribution in [2.24, 2.45) is 0 Å². The Balaban J connectivity index is 1.24. The number of nitrogens with one attached hydrogen (secondary N) is 2. The molecule has 3 atom stereocenters. The van der Waals surface area contributed by atoms with Crippen LogP contribution in [0.3, 0.4) is 0 Å². The van der Waals surface area contributed by atoms with Gasteiger partial charge in [0.1, 0.15) is 17.9 Å². The molecule has 0 bridgehead atoms. The van der Waals surface area contributed by atoms with Crippen LogP contribution in [0.25, 0.3) is 0 Å². The van der Waals surface area contributed by atoms with E-state index in [0.29, 0.717) is 18.5 Å². The largest absolute Gasteiger partial charge is 0.489 e.